The number of hydrogen-bond acceptors (Lipinski definition) is 3. The molecule has 1 aromatic heterocycles. The van der Waals surface area contributed by atoms with Crippen molar-refractivity contribution in [3.8, 4) is 0 Å². The Labute approximate surface area is 173 Å². The fourth-order valence-electron chi connectivity index (χ4n) is 4.06. The van der Waals surface area contributed by atoms with E-state index in [1.165, 1.54) is 31.4 Å². The Bertz CT molecular complexity index is 897. The van der Waals surface area contributed by atoms with Gasteiger partial charge in [0.05, 0.1) is 12.3 Å². The minimum atomic E-state index is -0.198. The summed E-state index contributed by atoms with van der Waals surface area (Å²) in [5.41, 5.74) is 7.84. The number of rotatable bonds is 1. The van der Waals surface area contributed by atoms with Gasteiger partial charge in [-0.15, -0.1) is 0 Å². The van der Waals surface area contributed by atoms with E-state index < -0.39 is 0 Å². The second kappa shape index (κ2) is 8.00. The highest BCUT2D eigenvalue weighted by Crippen LogP contribution is 2.38. The third-order valence-electron chi connectivity index (χ3n) is 5.37. The third kappa shape index (κ3) is 3.74. The van der Waals surface area contributed by atoms with E-state index in [0.29, 0.717) is 19.7 Å². The third-order valence-corrected chi connectivity index (χ3v) is 6.05. The standard InChI is InChI=1S/C22H23IN2O2/c1-2-27-22(26)25-12-9-15(10-13-25)20-19-8-7-18(23)14-17(19)6-5-16-4-3-11-24-21(16)20/h3-4,7-8,11,14H,2,5-6,9-10,12-13H2,1H3. The van der Waals surface area contributed by atoms with Crippen molar-refractivity contribution in [2.45, 2.75) is 32.6 Å². The predicted molar refractivity (Wildman–Crippen MR) is 115 cm³/mol. The first kappa shape index (κ1) is 18.5. The lowest BCUT2D eigenvalue weighted by molar-refractivity contribution is 0.104. The van der Waals surface area contributed by atoms with Gasteiger partial charge in [0, 0.05) is 28.4 Å². The van der Waals surface area contributed by atoms with Crippen LogP contribution in [0.2, 0.25) is 0 Å². The second-order valence-electron chi connectivity index (χ2n) is 6.98. The van der Waals surface area contributed by atoms with Crippen LogP contribution < -0.4 is 0 Å². The summed E-state index contributed by atoms with van der Waals surface area (Å²) in [4.78, 5) is 18.6. The lowest BCUT2D eigenvalue weighted by atomic mass is 9.88. The van der Waals surface area contributed by atoms with E-state index >= 15 is 0 Å². The molecule has 1 aromatic carbocycles. The lowest BCUT2D eigenvalue weighted by Gasteiger charge is -2.29. The van der Waals surface area contributed by atoms with E-state index in [1.807, 2.05) is 24.1 Å². The van der Waals surface area contributed by atoms with Gasteiger partial charge in [0.1, 0.15) is 0 Å². The highest BCUT2D eigenvalue weighted by molar-refractivity contribution is 14.1. The van der Waals surface area contributed by atoms with E-state index in [2.05, 4.69) is 46.9 Å². The summed E-state index contributed by atoms with van der Waals surface area (Å²) in [5, 5.41) is 0. The van der Waals surface area contributed by atoms with Gasteiger partial charge in [-0.05, 0) is 90.1 Å². The second-order valence-corrected chi connectivity index (χ2v) is 8.22. The van der Waals surface area contributed by atoms with Crippen molar-refractivity contribution < 1.29 is 9.53 Å². The van der Waals surface area contributed by atoms with Gasteiger partial charge in [-0.2, -0.15) is 0 Å². The summed E-state index contributed by atoms with van der Waals surface area (Å²) in [6.45, 7) is 3.69. The highest BCUT2D eigenvalue weighted by Gasteiger charge is 2.26. The highest BCUT2D eigenvalue weighted by atomic mass is 127. The predicted octanol–water partition coefficient (Wildman–Crippen LogP) is 4.84. The number of benzene rings is 1. The Balaban J connectivity index is 1.76. The number of pyridine rings is 1. The quantitative estimate of drug-likeness (QED) is 0.556. The number of fused-ring (bicyclic) bond motifs is 2. The summed E-state index contributed by atoms with van der Waals surface area (Å²) in [6.07, 6.45) is 5.49. The minimum absolute atomic E-state index is 0.198. The maximum Gasteiger partial charge on any atom is 0.409 e. The molecule has 5 heteroatoms. The molecule has 1 aliphatic carbocycles. The summed E-state index contributed by atoms with van der Waals surface area (Å²) in [5.74, 6) is 0. The molecule has 27 heavy (non-hydrogen) atoms. The zero-order valence-electron chi connectivity index (χ0n) is 15.5. The molecule has 140 valence electrons. The fourth-order valence-corrected chi connectivity index (χ4v) is 4.61. The Kier molecular flexibility index (Phi) is 5.48. The van der Waals surface area contributed by atoms with Crippen LogP contribution in [0.5, 0.6) is 0 Å². The minimum Gasteiger partial charge on any atom is -0.450 e. The van der Waals surface area contributed by atoms with Crippen molar-refractivity contribution in [1.29, 1.82) is 0 Å². The molecule has 1 fully saturated rings. The molecule has 1 amide bonds. The van der Waals surface area contributed by atoms with Crippen LogP contribution in [0.25, 0.3) is 5.57 Å². The first-order valence-electron chi connectivity index (χ1n) is 9.54. The molecule has 0 radical (unpaired) electrons. The van der Waals surface area contributed by atoms with Gasteiger partial charge in [0.15, 0.2) is 0 Å². The van der Waals surface area contributed by atoms with Crippen LogP contribution in [0, 0.1) is 3.57 Å². The summed E-state index contributed by atoms with van der Waals surface area (Å²) in [6, 6.07) is 11.0. The molecule has 0 saturated carbocycles. The number of carbonyl (C=O) groups is 1. The largest absolute Gasteiger partial charge is 0.450 e. The summed E-state index contributed by atoms with van der Waals surface area (Å²) < 4.78 is 6.44. The molecule has 2 aromatic rings. The van der Waals surface area contributed by atoms with Crippen LogP contribution in [-0.2, 0) is 17.6 Å². The van der Waals surface area contributed by atoms with E-state index in [1.54, 1.807) is 0 Å². The van der Waals surface area contributed by atoms with Crippen LogP contribution in [0.3, 0.4) is 0 Å². The molecule has 0 N–H and O–H groups in total. The number of halogens is 1. The zero-order chi connectivity index (χ0) is 18.8. The molecule has 4 rings (SSSR count). The monoisotopic (exact) mass is 474 g/mol. The van der Waals surface area contributed by atoms with E-state index in [9.17, 15) is 4.79 Å². The zero-order valence-corrected chi connectivity index (χ0v) is 17.7. The van der Waals surface area contributed by atoms with Gasteiger partial charge in [-0.25, -0.2) is 4.79 Å². The van der Waals surface area contributed by atoms with Gasteiger partial charge >= 0.3 is 6.09 Å². The number of likely N-dealkylation sites (tertiary alicyclic amines) is 1. The number of ether oxygens (including phenoxy) is 1. The number of piperidine rings is 1. The SMILES string of the molecule is CCOC(=O)N1CCC(=C2c3ccc(I)cc3CCc3cccnc32)CC1. The number of hydrogen-bond donors (Lipinski definition) is 0. The van der Waals surface area contributed by atoms with E-state index in [0.717, 1.165) is 31.4 Å². The maximum atomic E-state index is 12.0. The van der Waals surface area contributed by atoms with Crippen LogP contribution >= 0.6 is 22.6 Å². The molecule has 4 nitrogen and oxygen atoms in total. The number of amides is 1. The topological polar surface area (TPSA) is 42.4 Å². The van der Waals surface area contributed by atoms with Gasteiger partial charge in [-0.3, -0.25) is 4.98 Å². The van der Waals surface area contributed by atoms with Crippen molar-refractivity contribution in [3.05, 3.63) is 68.1 Å². The van der Waals surface area contributed by atoms with Crippen molar-refractivity contribution in [1.82, 2.24) is 9.88 Å². The molecular formula is C22H23IN2O2. The first-order chi connectivity index (χ1) is 13.2. The number of carbonyl (C=O) groups excluding carboxylic acids is 1. The number of nitrogens with zero attached hydrogens (tertiary/aromatic N) is 2. The van der Waals surface area contributed by atoms with E-state index in [4.69, 9.17) is 9.72 Å². The smallest absolute Gasteiger partial charge is 0.409 e. The number of aromatic nitrogens is 1. The van der Waals surface area contributed by atoms with Gasteiger partial charge in [0.25, 0.3) is 0 Å². The van der Waals surface area contributed by atoms with Crippen molar-refractivity contribution in [3.63, 3.8) is 0 Å². The maximum absolute atomic E-state index is 12.0. The van der Waals surface area contributed by atoms with Crippen molar-refractivity contribution in [2.75, 3.05) is 19.7 Å². The molecule has 0 atom stereocenters. The average Bonchev–Trinajstić information content (AvgIpc) is 2.85. The molecule has 2 heterocycles. The molecule has 0 bridgehead atoms. The van der Waals surface area contributed by atoms with Gasteiger partial charge in [-0.1, -0.05) is 17.7 Å². The molecule has 1 saturated heterocycles. The van der Waals surface area contributed by atoms with Crippen LogP contribution in [-0.4, -0.2) is 35.7 Å². The molecule has 0 spiro atoms. The summed E-state index contributed by atoms with van der Waals surface area (Å²) in [7, 11) is 0. The number of aryl methyl sites for hydroxylation is 2. The van der Waals surface area contributed by atoms with Crippen LogP contribution in [0.15, 0.2) is 42.1 Å². The normalized spacial score (nSPS) is 16.4. The molecular weight excluding hydrogens is 451 g/mol. The Hall–Kier alpha value is -1.89. The summed E-state index contributed by atoms with van der Waals surface area (Å²) >= 11 is 2.39. The molecule has 2 aliphatic rings. The Morgan fingerprint density at radius 3 is 2.70 bits per heavy atom. The lowest BCUT2D eigenvalue weighted by Crippen LogP contribution is -2.37. The van der Waals surface area contributed by atoms with Crippen LogP contribution in [0.1, 0.15) is 42.1 Å². The molecule has 1 aliphatic heterocycles. The average molecular weight is 474 g/mol. The fraction of sp³-hybridized carbons (Fsp3) is 0.364. The molecule has 0 unspecified atom stereocenters. The van der Waals surface area contributed by atoms with Gasteiger partial charge < -0.3 is 9.64 Å². The van der Waals surface area contributed by atoms with Crippen molar-refractivity contribution >= 4 is 34.3 Å². The Morgan fingerprint density at radius 1 is 1.15 bits per heavy atom. The van der Waals surface area contributed by atoms with Gasteiger partial charge in [0.2, 0.25) is 0 Å². The van der Waals surface area contributed by atoms with Crippen molar-refractivity contribution in [2.24, 2.45) is 0 Å². The Morgan fingerprint density at radius 2 is 1.93 bits per heavy atom. The van der Waals surface area contributed by atoms with Crippen LogP contribution in [0.4, 0.5) is 4.79 Å². The first-order valence-corrected chi connectivity index (χ1v) is 10.6. The van der Waals surface area contributed by atoms with E-state index in [-0.39, 0.29) is 6.09 Å².